The van der Waals surface area contributed by atoms with Gasteiger partial charge < -0.3 is 11.1 Å². The fourth-order valence-electron chi connectivity index (χ4n) is 1.46. The van der Waals surface area contributed by atoms with Gasteiger partial charge in [-0.3, -0.25) is 0 Å². The molecule has 0 aromatic carbocycles. The Bertz CT molecular complexity index is 534. The molecule has 0 radical (unpaired) electrons. The Morgan fingerprint density at radius 1 is 1.41 bits per heavy atom. The van der Waals surface area contributed by atoms with Crippen molar-refractivity contribution < 1.29 is 0 Å². The van der Waals surface area contributed by atoms with Crippen molar-refractivity contribution in [3.05, 3.63) is 22.9 Å². The normalized spacial score (nSPS) is 14.9. The van der Waals surface area contributed by atoms with E-state index in [9.17, 15) is 0 Å². The highest BCUT2D eigenvalue weighted by Crippen LogP contribution is 2.31. The summed E-state index contributed by atoms with van der Waals surface area (Å²) in [7, 11) is 0. The van der Waals surface area contributed by atoms with Crippen LogP contribution in [0.5, 0.6) is 0 Å². The Kier molecular flexibility index (Phi) is 2.47. The minimum absolute atomic E-state index is 0.411. The van der Waals surface area contributed by atoms with Crippen LogP contribution in [-0.4, -0.2) is 25.8 Å². The third-order valence-corrected chi connectivity index (χ3v) is 3.27. The molecular formula is C10H11BrN6. The molecule has 1 aliphatic rings. The zero-order valence-corrected chi connectivity index (χ0v) is 10.6. The molecule has 17 heavy (non-hydrogen) atoms. The van der Waals surface area contributed by atoms with Gasteiger partial charge in [-0.15, -0.1) is 0 Å². The highest BCUT2D eigenvalue weighted by atomic mass is 79.9. The van der Waals surface area contributed by atoms with E-state index < -0.39 is 0 Å². The van der Waals surface area contributed by atoms with Gasteiger partial charge in [-0.1, -0.05) is 0 Å². The number of nitrogen functional groups attached to an aromatic ring is 1. The van der Waals surface area contributed by atoms with E-state index in [0.717, 1.165) is 5.82 Å². The van der Waals surface area contributed by atoms with Crippen molar-refractivity contribution in [1.82, 2.24) is 19.7 Å². The van der Waals surface area contributed by atoms with Crippen molar-refractivity contribution >= 4 is 27.6 Å². The van der Waals surface area contributed by atoms with Gasteiger partial charge in [0.1, 0.15) is 16.1 Å². The minimum Gasteiger partial charge on any atom is -0.383 e. The van der Waals surface area contributed by atoms with Crippen molar-refractivity contribution in [2.45, 2.75) is 18.9 Å². The fraction of sp³-hybridized carbons (Fsp3) is 0.300. The minimum atomic E-state index is 0.411. The molecule has 1 aliphatic carbocycles. The second-order valence-electron chi connectivity index (χ2n) is 3.94. The average Bonchev–Trinajstić information content (AvgIpc) is 2.96. The molecule has 0 atom stereocenters. The van der Waals surface area contributed by atoms with E-state index in [1.54, 1.807) is 17.1 Å². The zero-order valence-electron chi connectivity index (χ0n) is 8.97. The summed E-state index contributed by atoms with van der Waals surface area (Å²) in [6.45, 7) is 0. The third-order valence-electron chi connectivity index (χ3n) is 2.49. The summed E-state index contributed by atoms with van der Waals surface area (Å²) in [6.07, 6.45) is 5.81. The maximum absolute atomic E-state index is 5.84. The van der Waals surface area contributed by atoms with Crippen molar-refractivity contribution in [2.75, 3.05) is 11.1 Å². The van der Waals surface area contributed by atoms with Crippen LogP contribution in [0, 0.1) is 0 Å². The Morgan fingerprint density at radius 2 is 2.24 bits per heavy atom. The molecule has 3 rings (SSSR count). The zero-order chi connectivity index (χ0) is 11.8. The lowest BCUT2D eigenvalue weighted by atomic mass is 10.5. The van der Waals surface area contributed by atoms with Gasteiger partial charge in [0.25, 0.3) is 5.95 Å². The number of rotatable bonds is 3. The highest BCUT2D eigenvalue weighted by molar-refractivity contribution is 9.10. The average molecular weight is 295 g/mol. The number of hydrogen-bond donors (Lipinski definition) is 2. The van der Waals surface area contributed by atoms with Crippen molar-refractivity contribution in [1.29, 1.82) is 0 Å². The molecule has 7 heteroatoms. The van der Waals surface area contributed by atoms with Crippen LogP contribution in [-0.2, 0) is 0 Å². The molecule has 88 valence electrons. The van der Waals surface area contributed by atoms with Gasteiger partial charge in [-0.2, -0.15) is 15.1 Å². The third kappa shape index (κ3) is 2.10. The summed E-state index contributed by atoms with van der Waals surface area (Å²) >= 11 is 3.39. The van der Waals surface area contributed by atoms with Crippen LogP contribution < -0.4 is 11.1 Å². The van der Waals surface area contributed by atoms with Crippen LogP contribution in [0.3, 0.4) is 0 Å². The number of aromatic nitrogens is 4. The lowest BCUT2D eigenvalue weighted by Gasteiger charge is -2.09. The maximum atomic E-state index is 5.84. The summed E-state index contributed by atoms with van der Waals surface area (Å²) < 4.78 is 2.29. The van der Waals surface area contributed by atoms with E-state index in [1.807, 2.05) is 6.07 Å². The van der Waals surface area contributed by atoms with E-state index in [0.29, 0.717) is 22.3 Å². The lowest BCUT2D eigenvalue weighted by molar-refractivity contribution is 0.808. The van der Waals surface area contributed by atoms with Crippen LogP contribution >= 0.6 is 15.9 Å². The molecule has 1 fully saturated rings. The predicted molar refractivity (Wildman–Crippen MR) is 67.9 cm³/mol. The van der Waals surface area contributed by atoms with Gasteiger partial charge in [0, 0.05) is 18.4 Å². The number of nitrogens with one attached hydrogen (secondary N) is 1. The van der Waals surface area contributed by atoms with Crippen molar-refractivity contribution in [3.8, 4) is 5.95 Å². The first-order valence-corrected chi connectivity index (χ1v) is 6.13. The van der Waals surface area contributed by atoms with Crippen molar-refractivity contribution in [2.24, 2.45) is 0 Å². The molecule has 2 heterocycles. The van der Waals surface area contributed by atoms with Gasteiger partial charge in [-0.25, -0.2) is 4.68 Å². The molecule has 2 aromatic rings. The molecule has 0 saturated heterocycles. The Hall–Kier alpha value is -1.63. The molecule has 0 bridgehead atoms. The van der Waals surface area contributed by atoms with Gasteiger partial charge in [0.15, 0.2) is 0 Å². The first-order chi connectivity index (χ1) is 8.24. The molecule has 6 nitrogen and oxygen atoms in total. The number of nitrogens with zero attached hydrogens (tertiary/aromatic N) is 4. The molecule has 2 aromatic heterocycles. The summed E-state index contributed by atoms with van der Waals surface area (Å²) in [5.41, 5.74) is 5.84. The topological polar surface area (TPSA) is 81.7 Å². The standard InChI is InChI=1S/C10H11BrN6/c11-7-8(12)15-10(17-5-1-4-13-17)16-9(7)14-6-2-3-6/h1,4-6H,2-3H2,(H3,12,14,15,16). The maximum Gasteiger partial charge on any atom is 0.254 e. The molecule has 0 aliphatic heterocycles. The number of nitrogens with two attached hydrogens (primary N) is 1. The number of anilines is 2. The van der Waals surface area contributed by atoms with E-state index in [4.69, 9.17) is 5.73 Å². The van der Waals surface area contributed by atoms with Gasteiger partial charge in [0.2, 0.25) is 0 Å². The Balaban J connectivity index is 2.02. The second kappa shape index (κ2) is 3.99. The summed E-state index contributed by atoms with van der Waals surface area (Å²) in [5, 5.41) is 7.39. The molecule has 0 unspecified atom stereocenters. The van der Waals surface area contributed by atoms with Crippen LogP contribution in [0.4, 0.5) is 11.6 Å². The lowest BCUT2D eigenvalue weighted by Crippen LogP contribution is -2.11. The van der Waals surface area contributed by atoms with Crippen molar-refractivity contribution in [3.63, 3.8) is 0 Å². The smallest absolute Gasteiger partial charge is 0.254 e. The predicted octanol–water partition coefficient (Wildman–Crippen LogP) is 1.58. The van der Waals surface area contributed by atoms with E-state index in [1.165, 1.54) is 12.8 Å². The molecule has 3 N–H and O–H groups in total. The van der Waals surface area contributed by atoms with Gasteiger partial charge in [-0.05, 0) is 34.8 Å². The highest BCUT2D eigenvalue weighted by Gasteiger charge is 2.23. The van der Waals surface area contributed by atoms with E-state index in [2.05, 4.69) is 36.3 Å². The Morgan fingerprint density at radius 3 is 2.88 bits per heavy atom. The SMILES string of the molecule is Nc1nc(-n2cccn2)nc(NC2CC2)c1Br. The molecule has 0 spiro atoms. The number of hydrogen-bond acceptors (Lipinski definition) is 5. The molecule has 1 saturated carbocycles. The van der Waals surface area contributed by atoms with Crippen LogP contribution in [0.15, 0.2) is 22.9 Å². The summed E-state index contributed by atoms with van der Waals surface area (Å²) in [5.74, 6) is 1.61. The van der Waals surface area contributed by atoms with E-state index in [-0.39, 0.29) is 0 Å². The van der Waals surface area contributed by atoms with E-state index >= 15 is 0 Å². The van der Waals surface area contributed by atoms with Gasteiger partial charge >= 0.3 is 0 Å². The van der Waals surface area contributed by atoms with Crippen LogP contribution in [0.2, 0.25) is 0 Å². The Labute approximate surface area is 106 Å². The second-order valence-corrected chi connectivity index (χ2v) is 4.73. The number of halogens is 1. The monoisotopic (exact) mass is 294 g/mol. The first-order valence-electron chi connectivity index (χ1n) is 5.33. The molecular weight excluding hydrogens is 284 g/mol. The van der Waals surface area contributed by atoms with Crippen LogP contribution in [0.25, 0.3) is 5.95 Å². The fourth-order valence-corrected chi connectivity index (χ4v) is 1.75. The summed E-state index contributed by atoms with van der Waals surface area (Å²) in [4.78, 5) is 8.59. The molecule has 0 amide bonds. The quantitative estimate of drug-likeness (QED) is 0.898. The van der Waals surface area contributed by atoms with Crippen LogP contribution in [0.1, 0.15) is 12.8 Å². The largest absolute Gasteiger partial charge is 0.383 e. The summed E-state index contributed by atoms with van der Waals surface area (Å²) in [6, 6.07) is 2.32. The van der Waals surface area contributed by atoms with Gasteiger partial charge in [0.05, 0.1) is 0 Å². The first kappa shape index (κ1) is 10.5.